The first-order valence-corrected chi connectivity index (χ1v) is 23.6. The molecule has 0 bridgehead atoms. The molecule has 0 fully saturated rings. The molecule has 0 spiro atoms. The maximum Gasteiger partial charge on any atom is 0.0714 e. The van der Waals surface area contributed by atoms with Gasteiger partial charge in [-0.2, -0.15) is 0 Å². The Morgan fingerprint density at radius 1 is 0.269 bits per heavy atom. The number of aryl methyl sites for hydroxylation is 4. The molecule has 0 N–H and O–H groups in total. The average Bonchev–Trinajstić information content (AvgIpc) is 3.83. The van der Waals surface area contributed by atoms with Gasteiger partial charge in [-0.15, -0.1) is 0 Å². The van der Waals surface area contributed by atoms with Crippen LogP contribution < -0.4 is 4.90 Å². The Kier molecular flexibility index (Phi) is 9.59. The van der Waals surface area contributed by atoms with Crippen LogP contribution in [0.1, 0.15) is 66.8 Å². The predicted molar refractivity (Wildman–Crippen MR) is 280 cm³/mol. The van der Waals surface area contributed by atoms with Gasteiger partial charge in [-0.3, -0.25) is 0 Å². The molecule has 10 aromatic rings. The highest BCUT2D eigenvalue weighted by atomic mass is 15.1. The van der Waals surface area contributed by atoms with Crippen LogP contribution in [-0.2, 0) is 10.8 Å². The molecule has 0 amide bonds. The van der Waals surface area contributed by atoms with Crippen LogP contribution in [-0.4, -0.2) is 0 Å². The standard InChI is InChI=1S/C66H51N/c1-44-22-30-49(31-23-44)65(50-32-24-45(2)25-33-50)60-19-11-8-17-56(60)58-40-38-53(42-62(58)65)67(64-21-13-10-16-55(64)48-14-6-5-7-15-48)54-39-41-59-57-18-9-12-20-61(57)66(63(59)43-54,51-34-26-46(3)27-35-51)52-36-28-47(4)29-37-52/h5-43H,1-4H3. The van der Waals surface area contributed by atoms with E-state index in [0.717, 1.165) is 17.1 Å². The molecular formula is C66H51N. The fourth-order valence-corrected chi connectivity index (χ4v) is 11.6. The molecule has 1 nitrogen and oxygen atoms in total. The van der Waals surface area contributed by atoms with Crippen molar-refractivity contribution >= 4 is 17.1 Å². The first kappa shape index (κ1) is 40.5. The summed E-state index contributed by atoms with van der Waals surface area (Å²) in [5.74, 6) is 0. The van der Waals surface area contributed by atoms with Crippen molar-refractivity contribution in [1.82, 2.24) is 0 Å². The quantitative estimate of drug-likeness (QED) is 0.147. The van der Waals surface area contributed by atoms with Crippen LogP contribution >= 0.6 is 0 Å². The number of rotatable bonds is 8. The maximum atomic E-state index is 2.53. The first-order chi connectivity index (χ1) is 32.8. The van der Waals surface area contributed by atoms with E-state index in [4.69, 9.17) is 0 Å². The number of hydrogen-bond acceptors (Lipinski definition) is 1. The summed E-state index contributed by atoms with van der Waals surface area (Å²) in [5.41, 5.74) is 24.8. The van der Waals surface area contributed by atoms with Gasteiger partial charge >= 0.3 is 0 Å². The lowest BCUT2D eigenvalue weighted by Gasteiger charge is -2.36. The third-order valence-electron chi connectivity index (χ3n) is 14.7. The third-order valence-corrected chi connectivity index (χ3v) is 14.7. The van der Waals surface area contributed by atoms with E-state index in [-0.39, 0.29) is 0 Å². The molecule has 0 saturated heterocycles. The zero-order chi connectivity index (χ0) is 45.3. The molecule has 67 heavy (non-hydrogen) atoms. The average molecular weight is 858 g/mol. The Morgan fingerprint density at radius 2 is 0.597 bits per heavy atom. The van der Waals surface area contributed by atoms with Gasteiger partial charge < -0.3 is 4.90 Å². The lowest BCUT2D eigenvalue weighted by atomic mass is 9.67. The molecule has 0 heterocycles. The molecule has 320 valence electrons. The lowest BCUT2D eigenvalue weighted by molar-refractivity contribution is 0.766. The minimum Gasteiger partial charge on any atom is -0.310 e. The number of fused-ring (bicyclic) bond motifs is 6. The molecule has 0 atom stereocenters. The second-order valence-electron chi connectivity index (χ2n) is 18.7. The van der Waals surface area contributed by atoms with Gasteiger partial charge in [-0.1, -0.05) is 229 Å². The molecule has 0 radical (unpaired) electrons. The lowest BCUT2D eigenvalue weighted by Crippen LogP contribution is -2.29. The van der Waals surface area contributed by atoms with Gasteiger partial charge in [0.15, 0.2) is 0 Å². The number of anilines is 3. The molecular weight excluding hydrogens is 807 g/mol. The van der Waals surface area contributed by atoms with Crippen LogP contribution in [0.15, 0.2) is 237 Å². The molecule has 2 aliphatic rings. The summed E-state index contributed by atoms with van der Waals surface area (Å²) in [6, 6.07) is 89.4. The summed E-state index contributed by atoms with van der Waals surface area (Å²) in [6.45, 7) is 8.72. The van der Waals surface area contributed by atoms with E-state index >= 15 is 0 Å². The predicted octanol–water partition coefficient (Wildman–Crippen LogP) is 16.8. The Balaban J connectivity index is 1.16. The van der Waals surface area contributed by atoms with Crippen LogP contribution in [0.2, 0.25) is 0 Å². The molecule has 1 heteroatoms. The molecule has 0 saturated carbocycles. The van der Waals surface area contributed by atoms with E-state index in [2.05, 4.69) is 269 Å². The van der Waals surface area contributed by atoms with Crippen LogP contribution in [0, 0.1) is 27.7 Å². The van der Waals surface area contributed by atoms with Crippen molar-refractivity contribution in [2.75, 3.05) is 4.90 Å². The Morgan fingerprint density at radius 3 is 1.00 bits per heavy atom. The van der Waals surface area contributed by atoms with Crippen molar-refractivity contribution in [3.05, 3.63) is 303 Å². The zero-order valence-electron chi connectivity index (χ0n) is 38.5. The van der Waals surface area contributed by atoms with E-state index < -0.39 is 10.8 Å². The fraction of sp³-hybridized carbons (Fsp3) is 0.0909. The minimum atomic E-state index is -0.556. The number of nitrogens with zero attached hydrogens (tertiary/aromatic N) is 1. The normalized spacial score (nSPS) is 13.6. The van der Waals surface area contributed by atoms with Gasteiger partial charge in [0, 0.05) is 16.9 Å². The van der Waals surface area contributed by atoms with E-state index in [1.807, 2.05) is 0 Å². The van der Waals surface area contributed by atoms with Gasteiger partial charge in [0.05, 0.1) is 16.5 Å². The zero-order valence-corrected chi connectivity index (χ0v) is 38.5. The second-order valence-corrected chi connectivity index (χ2v) is 18.7. The van der Waals surface area contributed by atoms with Gasteiger partial charge in [-0.05, 0) is 130 Å². The van der Waals surface area contributed by atoms with Crippen molar-refractivity contribution in [3.63, 3.8) is 0 Å². The largest absolute Gasteiger partial charge is 0.310 e. The summed E-state index contributed by atoms with van der Waals surface area (Å²) in [4.78, 5) is 2.53. The summed E-state index contributed by atoms with van der Waals surface area (Å²) < 4.78 is 0. The second kappa shape index (κ2) is 15.9. The molecule has 10 aromatic carbocycles. The minimum absolute atomic E-state index is 0.556. The van der Waals surface area contributed by atoms with Crippen molar-refractivity contribution in [3.8, 4) is 33.4 Å². The third kappa shape index (κ3) is 6.22. The molecule has 0 unspecified atom stereocenters. The van der Waals surface area contributed by atoms with Crippen LogP contribution in [0.25, 0.3) is 33.4 Å². The summed E-state index contributed by atoms with van der Waals surface area (Å²) in [6.07, 6.45) is 0. The first-order valence-electron chi connectivity index (χ1n) is 23.6. The number of benzene rings is 10. The van der Waals surface area contributed by atoms with Crippen LogP contribution in [0.3, 0.4) is 0 Å². The van der Waals surface area contributed by atoms with Gasteiger partial charge in [0.25, 0.3) is 0 Å². The Hall–Kier alpha value is -8.00. The van der Waals surface area contributed by atoms with Crippen molar-refractivity contribution < 1.29 is 0 Å². The maximum absolute atomic E-state index is 2.53. The Bertz CT molecular complexity index is 3180. The summed E-state index contributed by atoms with van der Waals surface area (Å²) in [7, 11) is 0. The molecule has 0 aliphatic heterocycles. The van der Waals surface area contributed by atoms with Gasteiger partial charge in [-0.25, -0.2) is 0 Å². The Labute approximate surface area is 395 Å². The number of hydrogen-bond donors (Lipinski definition) is 0. The van der Waals surface area contributed by atoms with E-state index in [1.165, 1.54) is 100 Å². The van der Waals surface area contributed by atoms with Crippen LogP contribution in [0.4, 0.5) is 17.1 Å². The topological polar surface area (TPSA) is 3.24 Å². The van der Waals surface area contributed by atoms with Gasteiger partial charge in [0.2, 0.25) is 0 Å². The molecule has 12 rings (SSSR count). The highest BCUT2D eigenvalue weighted by Crippen LogP contribution is 2.60. The van der Waals surface area contributed by atoms with E-state index in [0.29, 0.717) is 0 Å². The van der Waals surface area contributed by atoms with E-state index in [9.17, 15) is 0 Å². The van der Waals surface area contributed by atoms with Crippen molar-refractivity contribution in [2.24, 2.45) is 0 Å². The highest BCUT2D eigenvalue weighted by molar-refractivity contribution is 5.94. The smallest absolute Gasteiger partial charge is 0.0714 e. The molecule has 2 aliphatic carbocycles. The number of para-hydroxylation sites is 1. The molecule has 0 aromatic heterocycles. The summed E-state index contributed by atoms with van der Waals surface area (Å²) in [5, 5.41) is 0. The van der Waals surface area contributed by atoms with Crippen molar-refractivity contribution in [1.29, 1.82) is 0 Å². The SMILES string of the molecule is Cc1ccc(C2(c3ccc(C)cc3)c3ccccc3-c3ccc(N(c4ccc5c(c4)C(c4ccc(C)cc4)(c4ccc(C)cc4)c4ccccc4-5)c4ccccc4-c4ccccc4)cc32)cc1. The van der Waals surface area contributed by atoms with E-state index in [1.54, 1.807) is 0 Å². The summed E-state index contributed by atoms with van der Waals surface area (Å²) >= 11 is 0. The fourth-order valence-electron chi connectivity index (χ4n) is 11.6. The van der Waals surface area contributed by atoms with Crippen molar-refractivity contribution in [2.45, 2.75) is 38.5 Å². The van der Waals surface area contributed by atoms with Crippen LogP contribution in [0.5, 0.6) is 0 Å². The highest BCUT2D eigenvalue weighted by Gasteiger charge is 2.48. The monoisotopic (exact) mass is 857 g/mol. The van der Waals surface area contributed by atoms with Gasteiger partial charge in [0.1, 0.15) is 0 Å².